The van der Waals surface area contributed by atoms with E-state index < -0.39 is 15.2 Å². The molecular weight excluding hydrogens is 340 g/mol. The monoisotopic (exact) mass is 376 g/mol. The Hall–Kier alpha value is -0.516. The number of hydrogen-bond acceptors (Lipinski definition) is 1. The van der Waals surface area contributed by atoms with Crippen molar-refractivity contribution in [2.45, 2.75) is 76.1 Å². The maximum absolute atomic E-state index is 2.61. The molecule has 1 rings (SSSR count). The van der Waals surface area contributed by atoms with Crippen LogP contribution in [-0.4, -0.2) is 20.1 Å². The Bertz CT molecular complexity index is 561. The first kappa shape index (κ1) is 21.5. The van der Waals surface area contributed by atoms with Crippen LogP contribution in [0.15, 0.2) is 58.5 Å². The maximum atomic E-state index is 2.61. The number of thioether (sulfide) groups is 1. The van der Waals surface area contributed by atoms with E-state index in [9.17, 15) is 0 Å². The van der Waals surface area contributed by atoms with Gasteiger partial charge in [0, 0.05) is 17.4 Å². The average molecular weight is 377 g/mol. The molecule has 3 heteroatoms. The summed E-state index contributed by atoms with van der Waals surface area (Å²) < 4.78 is 0. The van der Waals surface area contributed by atoms with Crippen LogP contribution in [0.1, 0.15) is 33.6 Å². The van der Waals surface area contributed by atoms with E-state index in [-0.39, 0.29) is 0 Å². The van der Waals surface area contributed by atoms with E-state index in [0.29, 0.717) is 4.87 Å². The standard InChI is InChI=1S/C21H36SSi2/c1-18(2)13-12-14-19(3)17-21(24(7,8)23(4,5)6)22-20-15-10-9-11-16-20/h9-11,13,15-17,21H,12,14H2,1-8H3/b19-17+. The molecule has 0 N–H and O–H groups in total. The number of hydrogen-bond donors (Lipinski definition) is 0. The molecule has 0 amide bonds. The lowest BCUT2D eigenvalue weighted by molar-refractivity contribution is 0.961. The van der Waals surface area contributed by atoms with E-state index in [0.717, 1.165) is 0 Å². The lowest BCUT2D eigenvalue weighted by atomic mass is 10.1. The molecule has 0 spiro atoms. The van der Waals surface area contributed by atoms with Crippen molar-refractivity contribution in [3.05, 3.63) is 53.6 Å². The van der Waals surface area contributed by atoms with Gasteiger partial charge in [-0.25, -0.2) is 0 Å². The fourth-order valence-electron chi connectivity index (χ4n) is 2.39. The highest BCUT2D eigenvalue weighted by molar-refractivity contribution is 8.02. The molecule has 1 atom stereocenters. The quantitative estimate of drug-likeness (QED) is 0.257. The zero-order valence-electron chi connectivity index (χ0n) is 16.9. The molecule has 0 radical (unpaired) electrons. The van der Waals surface area contributed by atoms with Crippen molar-refractivity contribution in [2.24, 2.45) is 0 Å². The van der Waals surface area contributed by atoms with Gasteiger partial charge in [0.2, 0.25) is 0 Å². The van der Waals surface area contributed by atoms with Gasteiger partial charge in [-0.05, 0) is 45.7 Å². The molecular formula is C21H36SSi2. The zero-order valence-corrected chi connectivity index (χ0v) is 19.8. The first-order valence-electron chi connectivity index (χ1n) is 9.06. The molecule has 0 fully saturated rings. The Balaban J connectivity index is 3.03. The first-order chi connectivity index (χ1) is 11.0. The van der Waals surface area contributed by atoms with Gasteiger partial charge in [0.1, 0.15) is 0 Å². The molecule has 1 aromatic rings. The van der Waals surface area contributed by atoms with E-state index in [2.05, 4.69) is 108 Å². The van der Waals surface area contributed by atoms with Gasteiger partial charge in [-0.2, -0.15) is 0 Å². The molecule has 0 nitrogen and oxygen atoms in total. The molecule has 0 aromatic heterocycles. The summed E-state index contributed by atoms with van der Waals surface area (Å²) in [5, 5.41) is 0. The molecule has 134 valence electrons. The minimum Gasteiger partial charge on any atom is -0.122 e. The van der Waals surface area contributed by atoms with Crippen molar-refractivity contribution < 1.29 is 0 Å². The van der Waals surface area contributed by atoms with Crippen LogP contribution < -0.4 is 0 Å². The van der Waals surface area contributed by atoms with Crippen molar-refractivity contribution in [1.82, 2.24) is 0 Å². The SMILES string of the molecule is CC(C)=CCC/C(C)=C/C(Sc1ccccc1)[Si](C)(C)[Si](C)(C)C. The summed E-state index contributed by atoms with van der Waals surface area (Å²) in [6, 6.07) is 11.0. The number of allylic oxidation sites excluding steroid dienone is 3. The third kappa shape index (κ3) is 6.77. The number of benzene rings is 1. The van der Waals surface area contributed by atoms with Crippen molar-refractivity contribution in [2.75, 3.05) is 0 Å². The van der Waals surface area contributed by atoms with Crippen LogP contribution in [0, 0.1) is 0 Å². The van der Waals surface area contributed by atoms with Gasteiger partial charge in [-0.3, -0.25) is 0 Å². The van der Waals surface area contributed by atoms with Gasteiger partial charge < -0.3 is 0 Å². The lowest BCUT2D eigenvalue weighted by Gasteiger charge is -2.41. The maximum Gasteiger partial charge on any atom is 0.0608 e. The third-order valence-electron chi connectivity index (χ3n) is 5.18. The van der Waals surface area contributed by atoms with Gasteiger partial charge in [-0.15, -0.1) is 11.8 Å². The Morgan fingerprint density at radius 1 is 1.00 bits per heavy atom. The summed E-state index contributed by atoms with van der Waals surface area (Å²) in [6.07, 6.45) is 7.33. The second kappa shape index (κ2) is 9.26. The minimum atomic E-state index is -1.33. The number of rotatable bonds is 8. The molecule has 0 aliphatic heterocycles. The molecule has 0 saturated heterocycles. The summed E-state index contributed by atoms with van der Waals surface area (Å²) >= 11 is 2.10. The van der Waals surface area contributed by atoms with Crippen LogP contribution in [-0.2, 0) is 0 Å². The lowest BCUT2D eigenvalue weighted by Crippen LogP contribution is -2.59. The Labute approximate surface area is 156 Å². The van der Waals surface area contributed by atoms with E-state index in [1.54, 1.807) is 5.57 Å². The highest BCUT2D eigenvalue weighted by Crippen LogP contribution is 2.36. The van der Waals surface area contributed by atoms with Gasteiger partial charge in [0.15, 0.2) is 0 Å². The minimum absolute atomic E-state index is 0.665. The predicted octanol–water partition coefficient (Wildman–Crippen LogP) is 7.50. The van der Waals surface area contributed by atoms with E-state index >= 15 is 0 Å². The molecule has 0 aliphatic carbocycles. The van der Waals surface area contributed by atoms with Gasteiger partial charge in [0.05, 0.1) is 7.59 Å². The topological polar surface area (TPSA) is 0 Å². The second-order valence-corrected chi connectivity index (χ2v) is 27.2. The Morgan fingerprint density at radius 2 is 1.58 bits per heavy atom. The van der Waals surface area contributed by atoms with Crippen molar-refractivity contribution in [1.29, 1.82) is 0 Å². The predicted molar refractivity (Wildman–Crippen MR) is 119 cm³/mol. The third-order valence-corrected chi connectivity index (χ3v) is 26.8. The second-order valence-electron chi connectivity index (χ2n) is 8.66. The van der Waals surface area contributed by atoms with Crippen molar-refractivity contribution in [3.63, 3.8) is 0 Å². The fourth-order valence-corrected chi connectivity index (χ4v) is 13.0. The van der Waals surface area contributed by atoms with Crippen LogP contribution in [0.25, 0.3) is 0 Å². The first-order valence-corrected chi connectivity index (χ1v) is 17.5. The van der Waals surface area contributed by atoms with E-state index in [1.165, 1.54) is 23.3 Å². The van der Waals surface area contributed by atoms with Crippen molar-refractivity contribution >= 4 is 26.9 Å². The zero-order chi connectivity index (χ0) is 18.4. The van der Waals surface area contributed by atoms with Crippen LogP contribution in [0.3, 0.4) is 0 Å². The Kier molecular flexibility index (Phi) is 8.30. The molecule has 1 unspecified atom stereocenters. The van der Waals surface area contributed by atoms with Crippen LogP contribution in [0.4, 0.5) is 0 Å². The average Bonchev–Trinajstić information content (AvgIpc) is 2.46. The fraction of sp³-hybridized carbons (Fsp3) is 0.524. The molecule has 24 heavy (non-hydrogen) atoms. The molecule has 0 saturated carbocycles. The summed E-state index contributed by atoms with van der Waals surface area (Å²) in [4.78, 5) is 2.08. The van der Waals surface area contributed by atoms with E-state index in [4.69, 9.17) is 0 Å². The van der Waals surface area contributed by atoms with Gasteiger partial charge in [-0.1, -0.05) is 74.2 Å². The summed E-state index contributed by atoms with van der Waals surface area (Å²) in [6.45, 7) is 19.6. The highest BCUT2D eigenvalue weighted by atomic mass is 32.2. The highest BCUT2D eigenvalue weighted by Gasteiger charge is 2.42. The summed E-state index contributed by atoms with van der Waals surface area (Å²) in [5.74, 6) is 0. The largest absolute Gasteiger partial charge is 0.122 e. The summed E-state index contributed by atoms with van der Waals surface area (Å²) in [7, 11) is -2.49. The van der Waals surface area contributed by atoms with Gasteiger partial charge >= 0.3 is 0 Å². The van der Waals surface area contributed by atoms with Crippen LogP contribution >= 0.6 is 11.8 Å². The van der Waals surface area contributed by atoms with E-state index in [1.807, 2.05) is 0 Å². The normalized spacial score (nSPS) is 14.4. The summed E-state index contributed by atoms with van der Waals surface area (Å²) in [5.41, 5.74) is 2.98. The van der Waals surface area contributed by atoms with Crippen LogP contribution in [0.5, 0.6) is 0 Å². The molecule has 0 heterocycles. The van der Waals surface area contributed by atoms with Crippen molar-refractivity contribution in [3.8, 4) is 0 Å². The van der Waals surface area contributed by atoms with Gasteiger partial charge in [0.25, 0.3) is 0 Å². The molecule has 0 bridgehead atoms. The van der Waals surface area contributed by atoms with Crippen LogP contribution in [0.2, 0.25) is 32.7 Å². The smallest absolute Gasteiger partial charge is 0.0608 e. The molecule has 1 aromatic carbocycles. The molecule has 0 aliphatic rings. The Morgan fingerprint density at radius 3 is 2.08 bits per heavy atom.